The molecule has 6 nitrogen and oxygen atoms in total. The van der Waals surface area contributed by atoms with Gasteiger partial charge in [-0.1, -0.05) is 31.2 Å². The molecule has 0 bridgehead atoms. The van der Waals surface area contributed by atoms with Gasteiger partial charge in [-0.05, 0) is 18.1 Å². The zero-order valence-corrected chi connectivity index (χ0v) is 14.8. The maximum Gasteiger partial charge on any atom is 0.164 e. The Morgan fingerprint density at radius 2 is 1.40 bits per heavy atom. The van der Waals surface area contributed by atoms with Gasteiger partial charge in [-0.25, -0.2) is 0 Å². The standard InChI is InChI=1S/C19H21N3O3/c1-5-12-6-8-13(9-7-12)18-19(21-22-20-18)14-10-16(24-3)17(25-4)11-15(14)23-2/h6-11H,5H2,1-4H3,(H,20,21,22). The van der Waals surface area contributed by atoms with E-state index in [0.717, 1.165) is 23.2 Å². The molecule has 6 heteroatoms. The average molecular weight is 339 g/mol. The first-order valence-corrected chi connectivity index (χ1v) is 8.02. The Bertz CT molecular complexity index is 857. The molecule has 0 aliphatic heterocycles. The van der Waals surface area contributed by atoms with Crippen molar-refractivity contribution in [3.63, 3.8) is 0 Å². The highest BCUT2D eigenvalue weighted by Crippen LogP contribution is 2.41. The van der Waals surface area contributed by atoms with Crippen molar-refractivity contribution in [3.05, 3.63) is 42.0 Å². The molecule has 0 unspecified atom stereocenters. The van der Waals surface area contributed by atoms with Gasteiger partial charge in [-0.2, -0.15) is 15.4 Å². The highest BCUT2D eigenvalue weighted by Gasteiger charge is 2.20. The van der Waals surface area contributed by atoms with Crippen LogP contribution in [0.4, 0.5) is 0 Å². The number of benzene rings is 2. The highest BCUT2D eigenvalue weighted by molar-refractivity contribution is 5.82. The lowest BCUT2D eigenvalue weighted by Crippen LogP contribution is -1.96. The molecular weight excluding hydrogens is 318 g/mol. The SMILES string of the molecule is CCc1ccc(-c2n[nH]nc2-c2cc(OC)c(OC)cc2OC)cc1. The molecule has 3 aromatic rings. The summed E-state index contributed by atoms with van der Waals surface area (Å²) >= 11 is 0. The number of nitrogens with zero attached hydrogens (tertiary/aromatic N) is 2. The molecule has 1 heterocycles. The number of hydrogen-bond donors (Lipinski definition) is 1. The number of methoxy groups -OCH3 is 3. The van der Waals surface area contributed by atoms with Crippen LogP contribution in [0.25, 0.3) is 22.5 Å². The van der Waals surface area contributed by atoms with Gasteiger partial charge in [-0.3, -0.25) is 0 Å². The second-order valence-electron chi connectivity index (χ2n) is 5.48. The summed E-state index contributed by atoms with van der Waals surface area (Å²) in [6, 6.07) is 11.9. The molecule has 2 aromatic carbocycles. The molecule has 0 amide bonds. The molecule has 0 saturated heterocycles. The van der Waals surface area contributed by atoms with E-state index in [1.54, 1.807) is 27.4 Å². The number of hydrogen-bond acceptors (Lipinski definition) is 5. The van der Waals surface area contributed by atoms with Crippen LogP contribution >= 0.6 is 0 Å². The molecule has 130 valence electrons. The van der Waals surface area contributed by atoms with Crippen LogP contribution < -0.4 is 14.2 Å². The minimum absolute atomic E-state index is 0.598. The van der Waals surface area contributed by atoms with E-state index >= 15 is 0 Å². The number of aryl methyl sites for hydroxylation is 1. The lowest BCUT2D eigenvalue weighted by molar-refractivity contribution is 0.349. The fourth-order valence-electron chi connectivity index (χ4n) is 2.73. The van der Waals surface area contributed by atoms with Crippen LogP contribution in [0.1, 0.15) is 12.5 Å². The van der Waals surface area contributed by atoms with Crippen molar-refractivity contribution >= 4 is 0 Å². The third-order valence-corrected chi connectivity index (χ3v) is 4.14. The zero-order chi connectivity index (χ0) is 17.8. The van der Waals surface area contributed by atoms with E-state index in [0.29, 0.717) is 22.9 Å². The van der Waals surface area contributed by atoms with E-state index in [9.17, 15) is 0 Å². The molecule has 25 heavy (non-hydrogen) atoms. The topological polar surface area (TPSA) is 69.3 Å². The molecule has 1 aromatic heterocycles. The average Bonchev–Trinajstić information content (AvgIpc) is 3.16. The Hall–Kier alpha value is -3.02. The zero-order valence-electron chi connectivity index (χ0n) is 14.8. The Balaban J connectivity index is 2.13. The Morgan fingerprint density at radius 3 is 2.00 bits per heavy atom. The van der Waals surface area contributed by atoms with Gasteiger partial charge < -0.3 is 14.2 Å². The number of nitrogens with one attached hydrogen (secondary N) is 1. The van der Waals surface area contributed by atoms with Crippen molar-refractivity contribution < 1.29 is 14.2 Å². The van der Waals surface area contributed by atoms with Gasteiger partial charge in [0, 0.05) is 11.6 Å². The van der Waals surface area contributed by atoms with E-state index in [4.69, 9.17) is 14.2 Å². The summed E-state index contributed by atoms with van der Waals surface area (Å²) < 4.78 is 16.3. The summed E-state index contributed by atoms with van der Waals surface area (Å²) in [6.07, 6.45) is 0.995. The second-order valence-corrected chi connectivity index (χ2v) is 5.48. The molecule has 0 atom stereocenters. The third-order valence-electron chi connectivity index (χ3n) is 4.14. The van der Waals surface area contributed by atoms with Crippen LogP contribution in [0.15, 0.2) is 36.4 Å². The lowest BCUT2D eigenvalue weighted by Gasteiger charge is -2.13. The highest BCUT2D eigenvalue weighted by atomic mass is 16.5. The molecule has 3 rings (SSSR count). The van der Waals surface area contributed by atoms with Gasteiger partial charge in [0.25, 0.3) is 0 Å². The summed E-state index contributed by atoms with van der Waals surface area (Å²) in [4.78, 5) is 0. The number of H-pyrrole nitrogens is 1. The monoisotopic (exact) mass is 339 g/mol. The molecule has 0 radical (unpaired) electrons. The van der Waals surface area contributed by atoms with Crippen molar-refractivity contribution in [2.45, 2.75) is 13.3 Å². The summed E-state index contributed by atoms with van der Waals surface area (Å²) in [5.41, 5.74) is 4.49. The largest absolute Gasteiger partial charge is 0.496 e. The predicted octanol–water partition coefficient (Wildman–Crippen LogP) is 3.73. The van der Waals surface area contributed by atoms with Crippen LogP contribution in [0, 0.1) is 0 Å². The summed E-state index contributed by atoms with van der Waals surface area (Å²) in [5, 5.41) is 11.4. The van der Waals surface area contributed by atoms with E-state index in [1.165, 1.54) is 5.56 Å². The van der Waals surface area contributed by atoms with Gasteiger partial charge >= 0.3 is 0 Å². The Labute approximate surface area is 146 Å². The second kappa shape index (κ2) is 7.25. The third kappa shape index (κ3) is 3.15. The number of aromatic nitrogens is 3. The first-order chi connectivity index (χ1) is 12.2. The van der Waals surface area contributed by atoms with E-state index < -0.39 is 0 Å². The molecule has 0 aliphatic carbocycles. The van der Waals surface area contributed by atoms with Crippen molar-refractivity contribution in [1.82, 2.24) is 15.4 Å². The molecule has 0 aliphatic rings. The van der Waals surface area contributed by atoms with Gasteiger partial charge in [0.2, 0.25) is 0 Å². The van der Waals surface area contributed by atoms with Crippen molar-refractivity contribution in [3.8, 4) is 39.8 Å². The van der Waals surface area contributed by atoms with Gasteiger partial charge in [0.15, 0.2) is 11.5 Å². The van der Waals surface area contributed by atoms with Crippen LogP contribution in [0.5, 0.6) is 17.2 Å². The van der Waals surface area contributed by atoms with Crippen LogP contribution in [0.3, 0.4) is 0 Å². The maximum atomic E-state index is 5.52. The van der Waals surface area contributed by atoms with Gasteiger partial charge in [-0.15, -0.1) is 0 Å². The molecule has 0 spiro atoms. The Morgan fingerprint density at radius 1 is 0.800 bits per heavy atom. The first kappa shape index (κ1) is 16.8. The summed E-state index contributed by atoms with van der Waals surface area (Å²) in [5.74, 6) is 1.84. The number of rotatable bonds is 6. The Kier molecular flexibility index (Phi) is 4.88. The number of aromatic amines is 1. The van der Waals surface area contributed by atoms with Crippen molar-refractivity contribution in [2.24, 2.45) is 0 Å². The van der Waals surface area contributed by atoms with Gasteiger partial charge in [0.1, 0.15) is 17.1 Å². The number of ether oxygens (including phenoxy) is 3. The van der Waals surface area contributed by atoms with Crippen LogP contribution in [-0.2, 0) is 6.42 Å². The minimum atomic E-state index is 0.598. The normalized spacial score (nSPS) is 10.6. The first-order valence-electron chi connectivity index (χ1n) is 8.02. The fourth-order valence-corrected chi connectivity index (χ4v) is 2.73. The lowest BCUT2D eigenvalue weighted by atomic mass is 10.0. The van der Waals surface area contributed by atoms with E-state index in [1.807, 2.05) is 18.2 Å². The molecular formula is C19H21N3O3. The maximum absolute atomic E-state index is 5.52. The van der Waals surface area contributed by atoms with E-state index in [2.05, 4.69) is 34.5 Å². The minimum Gasteiger partial charge on any atom is -0.496 e. The van der Waals surface area contributed by atoms with E-state index in [-0.39, 0.29) is 0 Å². The van der Waals surface area contributed by atoms with Crippen LogP contribution in [-0.4, -0.2) is 36.7 Å². The quantitative estimate of drug-likeness (QED) is 0.741. The van der Waals surface area contributed by atoms with Crippen LogP contribution in [0.2, 0.25) is 0 Å². The predicted molar refractivity (Wildman–Crippen MR) is 96.3 cm³/mol. The molecule has 0 saturated carbocycles. The van der Waals surface area contributed by atoms with Crippen molar-refractivity contribution in [2.75, 3.05) is 21.3 Å². The summed E-state index contributed by atoms with van der Waals surface area (Å²) in [6.45, 7) is 2.13. The fraction of sp³-hybridized carbons (Fsp3) is 0.263. The molecule has 1 N–H and O–H groups in total. The molecule has 0 fully saturated rings. The summed E-state index contributed by atoms with van der Waals surface area (Å²) in [7, 11) is 4.80. The van der Waals surface area contributed by atoms with Gasteiger partial charge in [0.05, 0.1) is 26.9 Å². The van der Waals surface area contributed by atoms with Crippen molar-refractivity contribution in [1.29, 1.82) is 0 Å². The smallest absolute Gasteiger partial charge is 0.164 e.